The van der Waals surface area contributed by atoms with Gasteiger partial charge in [-0.3, -0.25) is 4.40 Å². The molecule has 0 amide bonds. The highest BCUT2D eigenvalue weighted by molar-refractivity contribution is 7.16. The van der Waals surface area contributed by atoms with Crippen LogP contribution in [0.1, 0.15) is 10.6 Å². The molecule has 0 aliphatic heterocycles. The number of hydrogen-bond acceptors (Lipinski definition) is 3. The van der Waals surface area contributed by atoms with Gasteiger partial charge in [0.25, 0.3) is 0 Å². The van der Waals surface area contributed by atoms with E-state index in [2.05, 4.69) is 22.5 Å². The standard InChI is InChI=1S/C8H11N3S/c1-6-5-11-7(2-3-9)4-10-8(11)12-6/h4-5H,2-3,9H2,1H3. The molecule has 0 aromatic carbocycles. The molecule has 2 heterocycles. The van der Waals surface area contributed by atoms with Gasteiger partial charge in [0.1, 0.15) is 0 Å². The molecule has 3 nitrogen and oxygen atoms in total. The fourth-order valence-corrected chi connectivity index (χ4v) is 2.10. The average molecular weight is 181 g/mol. The molecule has 2 N–H and O–H groups in total. The van der Waals surface area contributed by atoms with Gasteiger partial charge in [0.05, 0.1) is 6.20 Å². The molecule has 0 aliphatic rings. The lowest BCUT2D eigenvalue weighted by molar-refractivity contribution is 0.908. The van der Waals surface area contributed by atoms with Crippen molar-refractivity contribution >= 4 is 16.3 Å². The molecule has 64 valence electrons. The summed E-state index contributed by atoms with van der Waals surface area (Å²) in [5.74, 6) is 0. The molecule has 0 bridgehead atoms. The Labute approximate surface area is 74.8 Å². The molecule has 0 saturated carbocycles. The van der Waals surface area contributed by atoms with Crippen molar-refractivity contribution in [3.8, 4) is 0 Å². The van der Waals surface area contributed by atoms with Crippen LogP contribution in [0.25, 0.3) is 4.96 Å². The first kappa shape index (κ1) is 7.76. The van der Waals surface area contributed by atoms with Gasteiger partial charge in [0.2, 0.25) is 0 Å². The maximum atomic E-state index is 5.48. The third-order valence-corrected chi connectivity index (χ3v) is 2.72. The molecule has 0 spiro atoms. The predicted molar refractivity (Wildman–Crippen MR) is 50.6 cm³/mol. The highest BCUT2D eigenvalue weighted by Gasteiger charge is 2.04. The number of thiazole rings is 1. The molecule has 12 heavy (non-hydrogen) atoms. The zero-order chi connectivity index (χ0) is 8.55. The Morgan fingerprint density at radius 1 is 1.67 bits per heavy atom. The highest BCUT2D eigenvalue weighted by atomic mass is 32.1. The van der Waals surface area contributed by atoms with Gasteiger partial charge >= 0.3 is 0 Å². The zero-order valence-corrected chi connectivity index (χ0v) is 7.77. The van der Waals surface area contributed by atoms with Crippen LogP contribution in [0.4, 0.5) is 0 Å². The molecule has 0 radical (unpaired) electrons. The van der Waals surface area contributed by atoms with Crippen LogP contribution in [0.3, 0.4) is 0 Å². The summed E-state index contributed by atoms with van der Waals surface area (Å²) in [6, 6.07) is 0. The highest BCUT2D eigenvalue weighted by Crippen LogP contribution is 2.17. The summed E-state index contributed by atoms with van der Waals surface area (Å²) >= 11 is 1.71. The monoisotopic (exact) mass is 181 g/mol. The Bertz CT molecular complexity index is 388. The van der Waals surface area contributed by atoms with E-state index >= 15 is 0 Å². The van der Waals surface area contributed by atoms with Crippen molar-refractivity contribution in [2.24, 2.45) is 5.73 Å². The fourth-order valence-electron chi connectivity index (χ4n) is 1.28. The van der Waals surface area contributed by atoms with Gasteiger partial charge in [-0.25, -0.2) is 4.98 Å². The van der Waals surface area contributed by atoms with E-state index in [1.165, 1.54) is 10.6 Å². The van der Waals surface area contributed by atoms with Crippen LogP contribution in [0.2, 0.25) is 0 Å². The Morgan fingerprint density at radius 3 is 3.25 bits per heavy atom. The fraction of sp³-hybridized carbons (Fsp3) is 0.375. The van der Waals surface area contributed by atoms with Gasteiger partial charge in [-0.1, -0.05) is 0 Å². The van der Waals surface area contributed by atoms with E-state index in [0.29, 0.717) is 6.54 Å². The quantitative estimate of drug-likeness (QED) is 0.756. The smallest absolute Gasteiger partial charge is 0.194 e. The van der Waals surface area contributed by atoms with E-state index in [0.717, 1.165) is 11.4 Å². The lowest BCUT2D eigenvalue weighted by Crippen LogP contribution is -2.04. The number of imidazole rings is 1. The molecule has 0 unspecified atom stereocenters. The largest absolute Gasteiger partial charge is 0.330 e. The van der Waals surface area contributed by atoms with Crippen LogP contribution in [0, 0.1) is 6.92 Å². The first-order valence-electron chi connectivity index (χ1n) is 3.93. The molecule has 0 aliphatic carbocycles. The van der Waals surface area contributed by atoms with Gasteiger partial charge in [0.15, 0.2) is 4.96 Å². The summed E-state index contributed by atoms with van der Waals surface area (Å²) < 4.78 is 2.12. The summed E-state index contributed by atoms with van der Waals surface area (Å²) in [6.45, 7) is 2.77. The van der Waals surface area contributed by atoms with Gasteiger partial charge in [-0.05, 0) is 13.5 Å². The third kappa shape index (κ3) is 1.13. The molecular weight excluding hydrogens is 170 g/mol. The van der Waals surface area contributed by atoms with Crippen LogP contribution >= 0.6 is 11.3 Å². The minimum absolute atomic E-state index is 0.683. The van der Waals surface area contributed by atoms with Crippen LogP contribution in [-0.4, -0.2) is 15.9 Å². The summed E-state index contributed by atoms with van der Waals surface area (Å²) in [5, 5.41) is 0. The molecule has 0 fully saturated rings. The first-order valence-corrected chi connectivity index (χ1v) is 4.75. The maximum absolute atomic E-state index is 5.48. The summed E-state index contributed by atoms with van der Waals surface area (Å²) in [6.07, 6.45) is 4.91. The Balaban J connectivity index is 2.53. The van der Waals surface area contributed by atoms with Crippen molar-refractivity contribution in [2.45, 2.75) is 13.3 Å². The molecule has 2 aromatic heterocycles. The molecule has 2 rings (SSSR count). The Kier molecular flexibility index (Phi) is 1.86. The predicted octanol–water partition coefficient (Wildman–Crippen LogP) is 1.21. The number of nitrogens with two attached hydrogens (primary N) is 1. The minimum atomic E-state index is 0.683. The SMILES string of the molecule is Cc1cn2c(CCN)cnc2s1. The number of aromatic nitrogens is 2. The number of hydrogen-bond donors (Lipinski definition) is 1. The van der Waals surface area contributed by atoms with Crippen LogP contribution in [0.15, 0.2) is 12.4 Å². The van der Waals surface area contributed by atoms with Gasteiger partial charge in [-0.2, -0.15) is 0 Å². The van der Waals surface area contributed by atoms with E-state index in [9.17, 15) is 0 Å². The summed E-state index contributed by atoms with van der Waals surface area (Å²) in [7, 11) is 0. The number of aryl methyl sites for hydroxylation is 1. The number of rotatable bonds is 2. The summed E-state index contributed by atoms with van der Waals surface area (Å²) in [5.41, 5.74) is 6.69. The third-order valence-electron chi connectivity index (χ3n) is 1.80. The van der Waals surface area contributed by atoms with Crippen molar-refractivity contribution in [1.82, 2.24) is 9.38 Å². The Morgan fingerprint density at radius 2 is 2.50 bits per heavy atom. The Hall–Kier alpha value is -0.870. The second-order valence-corrected chi connectivity index (χ2v) is 4.00. The van der Waals surface area contributed by atoms with Gasteiger partial charge in [0, 0.05) is 23.2 Å². The second-order valence-electron chi connectivity index (χ2n) is 2.78. The zero-order valence-electron chi connectivity index (χ0n) is 6.95. The normalized spacial score (nSPS) is 11.2. The summed E-state index contributed by atoms with van der Waals surface area (Å²) in [4.78, 5) is 6.64. The first-order chi connectivity index (χ1) is 5.81. The van der Waals surface area contributed by atoms with E-state index in [-0.39, 0.29) is 0 Å². The molecule has 4 heteroatoms. The lowest BCUT2D eigenvalue weighted by atomic mass is 10.3. The van der Waals surface area contributed by atoms with Crippen molar-refractivity contribution in [2.75, 3.05) is 6.54 Å². The minimum Gasteiger partial charge on any atom is -0.330 e. The topological polar surface area (TPSA) is 43.3 Å². The van der Waals surface area contributed by atoms with Crippen molar-refractivity contribution in [3.63, 3.8) is 0 Å². The van der Waals surface area contributed by atoms with Crippen LogP contribution in [0.5, 0.6) is 0 Å². The van der Waals surface area contributed by atoms with Crippen molar-refractivity contribution in [3.05, 3.63) is 23.0 Å². The average Bonchev–Trinajstić information content (AvgIpc) is 2.52. The van der Waals surface area contributed by atoms with Gasteiger partial charge in [-0.15, -0.1) is 11.3 Å². The lowest BCUT2D eigenvalue weighted by Gasteiger charge is -1.93. The second kappa shape index (κ2) is 2.88. The van der Waals surface area contributed by atoms with E-state index in [1.807, 2.05) is 6.20 Å². The van der Waals surface area contributed by atoms with E-state index < -0.39 is 0 Å². The molecular formula is C8H11N3S. The van der Waals surface area contributed by atoms with Crippen molar-refractivity contribution in [1.29, 1.82) is 0 Å². The van der Waals surface area contributed by atoms with Crippen LogP contribution in [-0.2, 0) is 6.42 Å². The van der Waals surface area contributed by atoms with Crippen molar-refractivity contribution < 1.29 is 0 Å². The molecule has 0 saturated heterocycles. The van der Waals surface area contributed by atoms with E-state index in [1.54, 1.807) is 11.3 Å². The number of nitrogens with zero attached hydrogens (tertiary/aromatic N) is 2. The molecule has 0 atom stereocenters. The van der Waals surface area contributed by atoms with Gasteiger partial charge < -0.3 is 5.73 Å². The van der Waals surface area contributed by atoms with E-state index in [4.69, 9.17) is 5.73 Å². The van der Waals surface area contributed by atoms with Crippen LogP contribution < -0.4 is 5.73 Å². The molecule has 2 aromatic rings. The number of fused-ring (bicyclic) bond motifs is 1. The maximum Gasteiger partial charge on any atom is 0.194 e.